The zero-order valence-corrected chi connectivity index (χ0v) is 36.2. The zero-order valence-electron chi connectivity index (χ0n) is 35.4. The average molecular weight is 785 g/mol. The molecule has 9 nitrogen and oxygen atoms in total. The number of rotatable bonds is 13. The number of nitrogens with one attached hydrogen (secondary N) is 4. The third-order valence-corrected chi connectivity index (χ3v) is 20.5. The van der Waals surface area contributed by atoms with Gasteiger partial charge in [0, 0.05) is 30.5 Å². The average Bonchev–Trinajstić information content (AvgIpc) is 3.78. The summed E-state index contributed by atoms with van der Waals surface area (Å²) in [6.07, 6.45) is 14.4. The van der Waals surface area contributed by atoms with Crippen LogP contribution in [0.5, 0.6) is 0 Å². The van der Waals surface area contributed by atoms with Crippen molar-refractivity contribution >= 4 is 34.2 Å². The van der Waals surface area contributed by atoms with E-state index < -0.39 is 0 Å². The number of carbonyl (C=O) groups is 3. The molecule has 14 atom stereocenters. The van der Waals surface area contributed by atoms with Crippen LogP contribution < -0.4 is 21.3 Å². The van der Waals surface area contributed by atoms with Crippen molar-refractivity contribution in [3.8, 4) is 0 Å². The van der Waals surface area contributed by atoms with Gasteiger partial charge in [-0.2, -0.15) is 10.5 Å². The van der Waals surface area contributed by atoms with Gasteiger partial charge < -0.3 is 31.1 Å². The molecule has 4 amide bonds. The Morgan fingerprint density at radius 3 is 2.38 bits per heavy atom. The number of aliphatic hydroxyl groups excluding tert-OH is 1. The van der Waals surface area contributed by atoms with Gasteiger partial charge >= 0.3 is 6.03 Å². The van der Waals surface area contributed by atoms with Crippen molar-refractivity contribution in [3.63, 3.8) is 0 Å². The summed E-state index contributed by atoms with van der Waals surface area (Å²) < 4.78 is 5.90. The van der Waals surface area contributed by atoms with E-state index in [1.165, 1.54) is 25.7 Å². The van der Waals surface area contributed by atoms with Crippen LogP contribution in [0.15, 0.2) is 0 Å². The highest BCUT2D eigenvalue weighted by Gasteiger charge is 2.72. The number of unbranched alkanes of at least 4 members (excludes halogenated alkanes) is 1. The van der Waals surface area contributed by atoms with Gasteiger partial charge in [0.25, 0.3) is 0 Å². The standard InChI is InChI=1S/C45H76N4O5S/c1-28(2)29-15-20-45(39(52)47-24-26-54-25-23-46-36(51)12-10-9-11-32-38-31(27-55(32)8)48-40(53)49-38)22-21-43(6)30(37(29)45)13-14-34-42(5)18-17-35(50)41(3,4)33(42)16-19-44(34,43)7/h28-35,37-38,50H,8-27H2,1-7H3,(H,46,51)(H,47,52)(H2,48,49,53)/t29-,30?,31?,32?,33-,34+,35-,37-,38?,42-,43+,44+,45-,55?/m0/s1. The monoisotopic (exact) mass is 785 g/mol. The number of carbonyl (C=O) groups excluding carboxylic acids is 3. The predicted molar refractivity (Wildman–Crippen MR) is 223 cm³/mol. The summed E-state index contributed by atoms with van der Waals surface area (Å²) in [6.45, 7) is 19.2. The molecule has 0 aromatic carbocycles. The summed E-state index contributed by atoms with van der Waals surface area (Å²) in [6, 6.07) is 0.327. The number of amides is 4. The van der Waals surface area contributed by atoms with E-state index >= 15 is 0 Å². The number of fused-ring (bicyclic) bond motifs is 8. The Morgan fingerprint density at radius 2 is 1.64 bits per heavy atom. The second-order valence-electron chi connectivity index (χ2n) is 21.1. The fourth-order valence-corrected chi connectivity index (χ4v) is 17.4. The Bertz CT molecular complexity index is 1490. The number of aliphatic hydroxyl groups is 1. The first-order chi connectivity index (χ1) is 26.0. The van der Waals surface area contributed by atoms with E-state index in [1.54, 1.807) is 0 Å². The van der Waals surface area contributed by atoms with Crippen molar-refractivity contribution in [2.45, 2.75) is 162 Å². The smallest absolute Gasteiger partial charge is 0.315 e. The van der Waals surface area contributed by atoms with Crippen molar-refractivity contribution in [1.82, 2.24) is 21.3 Å². The highest BCUT2D eigenvalue weighted by Crippen LogP contribution is 2.77. The maximum absolute atomic E-state index is 14.5. The summed E-state index contributed by atoms with van der Waals surface area (Å²) in [7, 11) is 0.0435. The number of urea groups is 1. The first-order valence-electron chi connectivity index (χ1n) is 22.4. The molecular weight excluding hydrogens is 709 g/mol. The first kappa shape index (κ1) is 41.5. The molecule has 5 saturated carbocycles. The lowest BCUT2D eigenvalue weighted by Gasteiger charge is -2.73. The molecule has 0 radical (unpaired) electrons. The molecule has 0 aromatic heterocycles. The van der Waals surface area contributed by atoms with Crippen LogP contribution in [-0.2, 0) is 14.3 Å². The van der Waals surface area contributed by atoms with Crippen LogP contribution in [0.4, 0.5) is 4.79 Å². The third kappa shape index (κ3) is 6.93. The van der Waals surface area contributed by atoms with Crippen molar-refractivity contribution in [2.24, 2.45) is 62.6 Å². The molecule has 0 bridgehead atoms. The van der Waals surface area contributed by atoms with Gasteiger partial charge in [0.15, 0.2) is 0 Å². The van der Waals surface area contributed by atoms with Gasteiger partial charge in [-0.3, -0.25) is 9.59 Å². The second-order valence-corrected chi connectivity index (χ2v) is 23.1. The minimum Gasteiger partial charge on any atom is -0.393 e. The summed E-state index contributed by atoms with van der Waals surface area (Å²) in [5.74, 6) is 8.95. The Kier molecular flexibility index (Phi) is 11.7. The van der Waals surface area contributed by atoms with Gasteiger partial charge in [-0.05, 0) is 134 Å². The van der Waals surface area contributed by atoms with Gasteiger partial charge in [0.2, 0.25) is 11.8 Å². The maximum Gasteiger partial charge on any atom is 0.315 e. The molecule has 7 rings (SSSR count). The van der Waals surface area contributed by atoms with Crippen molar-refractivity contribution in [1.29, 1.82) is 0 Å². The lowest BCUT2D eigenvalue weighted by atomic mass is 9.32. The summed E-state index contributed by atoms with van der Waals surface area (Å²) in [4.78, 5) is 38.6. The minimum absolute atomic E-state index is 0.0364. The fraction of sp³-hybridized carbons (Fsp3) is 0.911. The van der Waals surface area contributed by atoms with Gasteiger partial charge in [0.1, 0.15) is 0 Å². The minimum atomic E-state index is -0.287. The maximum atomic E-state index is 14.5. The summed E-state index contributed by atoms with van der Waals surface area (Å²) in [5.41, 5.74) is 0.401. The molecule has 5 aliphatic carbocycles. The molecule has 2 heterocycles. The molecule has 312 valence electrons. The van der Waals surface area contributed by atoms with Crippen molar-refractivity contribution in [2.75, 3.05) is 32.1 Å². The highest BCUT2D eigenvalue weighted by atomic mass is 32.2. The molecule has 55 heavy (non-hydrogen) atoms. The Balaban J connectivity index is 0.883. The molecule has 2 aliphatic heterocycles. The van der Waals surface area contributed by atoms with Gasteiger partial charge in [-0.15, -0.1) is 0 Å². The molecule has 0 spiro atoms. The molecule has 5 N–H and O–H groups in total. The molecule has 2 saturated heterocycles. The molecular formula is C45H76N4O5S. The van der Waals surface area contributed by atoms with E-state index in [0.29, 0.717) is 73.5 Å². The second kappa shape index (κ2) is 15.5. The molecule has 7 fully saturated rings. The fourth-order valence-electron chi connectivity index (χ4n) is 15.2. The molecule has 10 heteroatoms. The normalized spacial score (nSPS) is 45.4. The predicted octanol–water partition coefficient (Wildman–Crippen LogP) is 7.03. The topological polar surface area (TPSA) is 129 Å². The van der Waals surface area contributed by atoms with E-state index in [-0.39, 0.29) is 73.6 Å². The summed E-state index contributed by atoms with van der Waals surface area (Å²) in [5, 5.41) is 23.9. The highest BCUT2D eigenvalue weighted by molar-refractivity contribution is 8.15. The largest absolute Gasteiger partial charge is 0.393 e. The van der Waals surface area contributed by atoms with E-state index in [1.807, 2.05) is 0 Å². The Hall–Kier alpha value is -1.65. The lowest BCUT2D eigenvalue weighted by Crippen LogP contribution is -2.67. The van der Waals surface area contributed by atoms with Crippen LogP contribution in [0, 0.1) is 62.6 Å². The van der Waals surface area contributed by atoms with E-state index in [4.69, 9.17) is 4.74 Å². The lowest BCUT2D eigenvalue weighted by molar-refractivity contribution is -0.248. The number of ether oxygens (including phenoxy) is 1. The van der Waals surface area contributed by atoms with Crippen LogP contribution in [0.3, 0.4) is 0 Å². The van der Waals surface area contributed by atoms with Crippen LogP contribution in [0.25, 0.3) is 0 Å². The molecule has 5 unspecified atom stereocenters. The van der Waals surface area contributed by atoms with Crippen LogP contribution in [-0.4, -0.2) is 84.3 Å². The van der Waals surface area contributed by atoms with E-state index in [9.17, 15) is 19.5 Å². The zero-order chi connectivity index (χ0) is 39.6. The number of hydrogen-bond donors (Lipinski definition) is 5. The summed E-state index contributed by atoms with van der Waals surface area (Å²) >= 11 is 0. The Labute approximate surface area is 335 Å². The first-order valence-corrected chi connectivity index (χ1v) is 24.0. The number of hydrogen-bond acceptors (Lipinski definition) is 5. The van der Waals surface area contributed by atoms with Crippen molar-refractivity contribution in [3.05, 3.63) is 0 Å². The van der Waals surface area contributed by atoms with Gasteiger partial charge in [-0.1, -0.05) is 60.8 Å². The van der Waals surface area contributed by atoms with Gasteiger partial charge in [-0.25, -0.2) is 4.79 Å². The van der Waals surface area contributed by atoms with E-state index in [0.717, 1.165) is 63.5 Å². The van der Waals surface area contributed by atoms with Gasteiger partial charge in [0.05, 0.1) is 36.8 Å². The molecule has 0 aromatic rings. The van der Waals surface area contributed by atoms with Crippen LogP contribution in [0.2, 0.25) is 0 Å². The van der Waals surface area contributed by atoms with E-state index in [2.05, 4.69) is 75.6 Å². The van der Waals surface area contributed by atoms with Crippen molar-refractivity contribution < 1.29 is 24.2 Å². The SMILES string of the molecule is C=S1CC2NC(=O)NC2C1CCCCC(=O)NCCOCCNC(=O)[C@]12CC[C@@H](C(C)C)[C@H]1C1CC[C@@H]3[C@@]4(C)CC[C@H](O)C(C)(C)[C@@H]4CC[C@@]3(C)[C@]1(C)CC2. The van der Waals surface area contributed by atoms with Crippen LogP contribution in [0.1, 0.15) is 138 Å². The quantitative estimate of drug-likeness (QED) is 0.0779. The van der Waals surface area contributed by atoms with Crippen LogP contribution >= 0.6 is 10.5 Å². The Morgan fingerprint density at radius 1 is 0.891 bits per heavy atom. The third-order valence-electron chi connectivity index (χ3n) is 18.3. The molecule has 7 aliphatic rings.